The summed E-state index contributed by atoms with van der Waals surface area (Å²) in [6, 6.07) is 18.0. The molecule has 1 atom stereocenters. The van der Waals surface area contributed by atoms with Gasteiger partial charge in [0, 0.05) is 18.8 Å². The van der Waals surface area contributed by atoms with Gasteiger partial charge in [0.05, 0.1) is 23.4 Å². The number of carbonyl (C=O) groups excluding carboxylic acids is 1. The van der Waals surface area contributed by atoms with E-state index in [4.69, 9.17) is 9.72 Å². The first-order valence-electron chi connectivity index (χ1n) is 8.13. The molecule has 3 aromatic rings. The van der Waals surface area contributed by atoms with Gasteiger partial charge in [-0.2, -0.15) is 0 Å². The van der Waals surface area contributed by atoms with Crippen LogP contribution in [0.4, 0.5) is 0 Å². The topological polar surface area (TPSA) is 56.1 Å². The van der Waals surface area contributed by atoms with E-state index in [-0.39, 0.29) is 11.9 Å². The number of aromatic nitrogens is 2. The van der Waals surface area contributed by atoms with Gasteiger partial charge >= 0.3 is 0 Å². The Balaban J connectivity index is 1.83. The molecule has 0 aliphatic carbocycles. The summed E-state index contributed by atoms with van der Waals surface area (Å²) in [7, 11) is 1.62. The third kappa shape index (κ3) is 4.21. The van der Waals surface area contributed by atoms with Crippen LogP contribution in [-0.4, -0.2) is 41.0 Å². The minimum Gasteiger partial charge on any atom is -0.383 e. The van der Waals surface area contributed by atoms with Gasteiger partial charge in [0.25, 0.3) is 0 Å². The first-order valence-corrected chi connectivity index (χ1v) is 9.11. The van der Waals surface area contributed by atoms with Crippen LogP contribution < -0.4 is 5.32 Å². The standard InChI is InChI=1S/C19H21N3O2S/c1-14(12-24-2)20-18(23)13-25-19-21-16-10-6-7-11-17(16)22(19)15-8-4-3-5-9-15/h3-11,14H,12-13H2,1-2H3,(H,20,23)/t14-/m0/s1. The number of methoxy groups -OCH3 is 1. The zero-order valence-electron chi connectivity index (χ0n) is 14.3. The maximum atomic E-state index is 12.1. The van der Waals surface area contributed by atoms with Crippen molar-refractivity contribution in [3.8, 4) is 5.69 Å². The Morgan fingerprint density at radius 3 is 2.68 bits per heavy atom. The number of hydrogen-bond donors (Lipinski definition) is 1. The molecule has 5 nitrogen and oxygen atoms in total. The Hall–Kier alpha value is -2.31. The summed E-state index contributed by atoms with van der Waals surface area (Å²) in [5.74, 6) is 0.283. The van der Waals surface area contributed by atoms with E-state index in [1.807, 2.05) is 61.5 Å². The normalized spacial score (nSPS) is 12.2. The number of rotatable bonds is 7. The summed E-state index contributed by atoms with van der Waals surface area (Å²) in [5, 5.41) is 3.73. The summed E-state index contributed by atoms with van der Waals surface area (Å²) < 4.78 is 7.14. The van der Waals surface area contributed by atoms with Crippen molar-refractivity contribution in [1.29, 1.82) is 0 Å². The highest BCUT2D eigenvalue weighted by Crippen LogP contribution is 2.27. The molecule has 0 radical (unpaired) electrons. The van der Waals surface area contributed by atoms with Crippen LogP contribution in [0.3, 0.4) is 0 Å². The molecule has 25 heavy (non-hydrogen) atoms. The van der Waals surface area contributed by atoms with Crippen LogP contribution in [0.15, 0.2) is 59.8 Å². The molecule has 0 aliphatic rings. The summed E-state index contributed by atoms with van der Waals surface area (Å²) in [6.45, 7) is 2.42. The summed E-state index contributed by atoms with van der Waals surface area (Å²) in [5.41, 5.74) is 2.98. The van der Waals surface area contributed by atoms with Gasteiger partial charge in [-0.1, -0.05) is 42.1 Å². The maximum Gasteiger partial charge on any atom is 0.230 e. The van der Waals surface area contributed by atoms with Gasteiger partial charge in [0.1, 0.15) is 0 Å². The molecule has 3 rings (SSSR count). The smallest absolute Gasteiger partial charge is 0.230 e. The van der Waals surface area contributed by atoms with E-state index in [1.165, 1.54) is 11.8 Å². The zero-order valence-corrected chi connectivity index (χ0v) is 15.1. The van der Waals surface area contributed by atoms with Crippen LogP contribution in [0.2, 0.25) is 0 Å². The highest BCUT2D eigenvalue weighted by Gasteiger charge is 2.15. The molecule has 0 unspecified atom stereocenters. The molecule has 0 aliphatic heterocycles. The largest absolute Gasteiger partial charge is 0.383 e. The van der Waals surface area contributed by atoms with E-state index < -0.39 is 0 Å². The first kappa shape index (κ1) is 17.5. The number of thioether (sulfide) groups is 1. The van der Waals surface area contributed by atoms with Crippen molar-refractivity contribution in [2.75, 3.05) is 19.5 Å². The predicted octanol–water partition coefficient (Wildman–Crippen LogP) is 3.27. The maximum absolute atomic E-state index is 12.1. The quantitative estimate of drug-likeness (QED) is 0.661. The molecule has 1 aromatic heterocycles. The third-order valence-corrected chi connectivity index (χ3v) is 4.64. The van der Waals surface area contributed by atoms with Gasteiger partial charge in [-0.05, 0) is 31.2 Å². The minimum atomic E-state index is -0.0267. The lowest BCUT2D eigenvalue weighted by Gasteiger charge is -2.13. The predicted molar refractivity (Wildman–Crippen MR) is 101 cm³/mol. The Morgan fingerprint density at radius 1 is 1.20 bits per heavy atom. The highest BCUT2D eigenvalue weighted by molar-refractivity contribution is 7.99. The number of benzene rings is 2. The number of ether oxygens (including phenoxy) is 1. The molecule has 6 heteroatoms. The minimum absolute atomic E-state index is 0.00830. The van der Waals surface area contributed by atoms with Crippen molar-refractivity contribution in [1.82, 2.24) is 14.9 Å². The van der Waals surface area contributed by atoms with Crippen LogP contribution in [0.1, 0.15) is 6.92 Å². The molecule has 0 saturated heterocycles. The first-order chi connectivity index (χ1) is 12.2. The van der Waals surface area contributed by atoms with Crippen LogP contribution >= 0.6 is 11.8 Å². The van der Waals surface area contributed by atoms with Crippen molar-refractivity contribution in [2.24, 2.45) is 0 Å². The molecule has 1 amide bonds. The number of imidazole rings is 1. The second kappa shape index (κ2) is 8.18. The monoisotopic (exact) mass is 355 g/mol. The SMILES string of the molecule is COC[C@H](C)NC(=O)CSc1nc2ccccc2n1-c1ccccc1. The number of fused-ring (bicyclic) bond motifs is 1. The fraction of sp³-hybridized carbons (Fsp3) is 0.263. The Labute approximate surface area is 151 Å². The average molecular weight is 355 g/mol. The molecule has 0 bridgehead atoms. The van der Waals surface area contributed by atoms with Crippen LogP contribution in [0.5, 0.6) is 0 Å². The van der Waals surface area contributed by atoms with E-state index in [0.29, 0.717) is 12.4 Å². The number of para-hydroxylation sites is 3. The van der Waals surface area contributed by atoms with E-state index in [1.54, 1.807) is 7.11 Å². The average Bonchev–Trinajstić information content (AvgIpc) is 2.99. The van der Waals surface area contributed by atoms with E-state index >= 15 is 0 Å². The molecular formula is C19H21N3O2S. The summed E-state index contributed by atoms with van der Waals surface area (Å²) in [4.78, 5) is 16.8. The van der Waals surface area contributed by atoms with Gasteiger partial charge in [-0.3, -0.25) is 9.36 Å². The van der Waals surface area contributed by atoms with Gasteiger partial charge < -0.3 is 10.1 Å². The lowest BCUT2D eigenvalue weighted by molar-refractivity contribution is -0.119. The Kier molecular flexibility index (Phi) is 5.73. The van der Waals surface area contributed by atoms with E-state index in [0.717, 1.165) is 21.9 Å². The molecule has 1 N–H and O–H groups in total. The Morgan fingerprint density at radius 2 is 1.92 bits per heavy atom. The zero-order chi connectivity index (χ0) is 17.6. The van der Waals surface area contributed by atoms with E-state index in [9.17, 15) is 4.79 Å². The second-order valence-electron chi connectivity index (χ2n) is 5.77. The summed E-state index contributed by atoms with van der Waals surface area (Å²) in [6.07, 6.45) is 0. The van der Waals surface area contributed by atoms with Gasteiger partial charge in [0.15, 0.2) is 5.16 Å². The molecule has 1 heterocycles. The van der Waals surface area contributed by atoms with E-state index in [2.05, 4.69) is 9.88 Å². The number of nitrogens with zero attached hydrogens (tertiary/aromatic N) is 2. The molecule has 0 saturated carbocycles. The number of carbonyl (C=O) groups is 1. The highest BCUT2D eigenvalue weighted by atomic mass is 32.2. The van der Waals surface area contributed by atoms with Crippen molar-refractivity contribution in [3.63, 3.8) is 0 Å². The second-order valence-corrected chi connectivity index (χ2v) is 6.71. The van der Waals surface area contributed by atoms with Crippen LogP contribution in [-0.2, 0) is 9.53 Å². The molecular weight excluding hydrogens is 334 g/mol. The lowest BCUT2D eigenvalue weighted by Crippen LogP contribution is -2.36. The van der Waals surface area contributed by atoms with Crippen molar-refractivity contribution in [2.45, 2.75) is 18.1 Å². The van der Waals surface area contributed by atoms with Gasteiger partial charge in [-0.25, -0.2) is 4.98 Å². The Bertz CT molecular complexity index is 848. The van der Waals surface area contributed by atoms with Gasteiger partial charge in [-0.15, -0.1) is 0 Å². The number of hydrogen-bond acceptors (Lipinski definition) is 4. The van der Waals surface area contributed by atoms with Crippen molar-refractivity contribution < 1.29 is 9.53 Å². The molecule has 0 fully saturated rings. The fourth-order valence-electron chi connectivity index (χ4n) is 2.67. The van der Waals surface area contributed by atoms with Crippen molar-refractivity contribution in [3.05, 3.63) is 54.6 Å². The van der Waals surface area contributed by atoms with Gasteiger partial charge in [0.2, 0.25) is 5.91 Å². The van der Waals surface area contributed by atoms with Crippen molar-refractivity contribution >= 4 is 28.7 Å². The molecule has 0 spiro atoms. The third-order valence-electron chi connectivity index (χ3n) is 3.70. The summed E-state index contributed by atoms with van der Waals surface area (Å²) >= 11 is 1.43. The van der Waals surface area contributed by atoms with Crippen LogP contribution in [0, 0.1) is 0 Å². The molecule has 2 aromatic carbocycles. The number of nitrogens with one attached hydrogen (secondary N) is 1. The number of amides is 1. The molecule has 130 valence electrons. The fourth-order valence-corrected chi connectivity index (χ4v) is 3.50. The lowest BCUT2D eigenvalue weighted by atomic mass is 10.3. The van der Waals surface area contributed by atoms with Crippen LogP contribution in [0.25, 0.3) is 16.7 Å².